The fraction of sp³-hybridized carbons (Fsp3) is 0.240. The van der Waals surface area contributed by atoms with Gasteiger partial charge in [0, 0.05) is 52.7 Å². The van der Waals surface area contributed by atoms with Gasteiger partial charge in [-0.2, -0.15) is 4.31 Å². The molecule has 2 heterocycles. The molecule has 4 aromatic rings. The maximum absolute atomic E-state index is 13.0. The number of amides is 1. The summed E-state index contributed by atoms with van der Waals surface area (Å²) in [5.41, 5.74) is 3.27. The summed E-state index contributed by atoms with van der Waals surface area (Å²) in [6, 6.07) is 20.4. The lowest BCUT2D eigenvalue weighted by Gasteiger charge is -2.16. The molecule has 0 saturated carbocycles. The molecule has 1 aliphatic rings. The molecule has 3 aromatic carbocycles. The molecule has 6 nitrogen and oxygen atoms in total. The van der Waals surface area contributed by atoms with Crippen molar-refractivity contribution in [3.63, 3.8) is 0 Å². The Morgan fingerprint density at radius 3 is 2.44 bits per heavy atom. The van der Waals surface area contributed by atoms with E-state index < -0.39 is 10.0 Å². The van der Waals surface area contributed by atoms with Crippen molar-refractivity contribution in [2.45, 2.75) is 31.2 Å². The van der Waals surface area contributed by atoms with Crippen LogP contribution >= 0.6 is 0 Å². The predicted octanol–water partition coefficient (Wildman–Crippen LogP) is 4.85. The fourth-order valence-corrected chi connectivity index (χ4v) is 6.11. The minimum atomic E-state index is -3.57. The highest BCUT2D eigenvalue weighted by Crippen LogP contribution is 2.31. The Labute approximate surface area is 187 Å². The second-order valence-electron chi connectivity index (χ2n) is 8.09. The van der Waals surface area contributed by atoms with Crippen LogP contribution in [-0.4, -0.2) is 36.3 Å². The van der Waals surface area contributed by atoms with Crippen molar-refractivity contribution in [3.8, 4) is 0 Å². The zero-order valence-corrected chi connectivity index (χ0v) is 18.7. The van der Waals surface area contributed by atoms with Gasteiger partial charge < -0.3 is 9.88 Å². The monoisotopic (exact) mass is 447 g/mol. The second-order valence-corrected chi connectivity index (χ2v) is 10.0. The summed E-state index contributed by atoms with van der Waals surface area (Å²) in [6.45, 7) is 4.03. The van der Waals surface area contributed by atoms with Crippen LogP contribution in [0.25, 0.3) is 21.8 Å². The van der Waals surface area contributed by atoms with Crippen molar-refractivity contribution < 1.29 is 13.2 Å². The first-order chi connectivity index (χ1) is 15.5. The predicted molar refractivity (Wildman–Crippen MR) is 128 cm³/mol. The topological polar surface area (TPSA) is 71.4 Å². The maximum Gasteiger partial charge on any atom is 0.255 e. The Bertz CT molecular complexity index is 1430. The molecule has 0 radical (unpaired) electrons. The van der Waals surface area contributed by atoms with E-state index in [0.717, 1.165) is 41.2 Å². The van der Waals surface area contributed by atoms with Gasteiger partial charge in [0.1, 0.15) is 0 Å². The van der Waals surface area contributed by atoms with E-state index in [1.165, 1.54) is 10.4 Å². The van der Waals surface area contributed by atoms with Gasteiger partial charge in [-0.25, -0.2) is 8.42 Å². The van der Waals surface area contributed by atoms with Crippen LogP contribution in [0.15, 0.2) is 71.6 Å². The minimum Gasteiger partial charge on any atom is -0.341 e. The van der Waals surface area contributed by atoms with Crippen molar-refractivity contribution in [2.24, 2.45) is 0 Å². The van der Waals surface area contributed by atoms with Crippen molar-refractivity contribution in [1.29, 1.82) is 0 Å². The molecule has 1 amide bonds. The first-order valence-electron chi connectivity index (χ1n) is 10.9. The number of anilines is 1. The number of benzene rings is 3. The van der Waals surface area contributed by atoms with Gasteiger partial charge in [-0.15, -0.1) is 0 Å². The standard InChI is InChI=1S/C25H25N3O3S/c1-2-28-23-11-4-3-10-21(23)22-17-19(12-13-24(22)28)26-25(29)18-8-7-9-20(16-18)32(30,31)27-14-5-6-15-27/h3-4,7-13,16-17H,2,5-6,14-15H2,1H3,(H,26,29). The van der Waals surface area contributed by atoms with Crippen LogP contribution in [0.4, 0.5) is 5.69 Å². The summed E-state index contributed by atoms with van der Waals surface area (Å²) in [5.74, 6) is -0.331. The third-order valence-electron chi connectivity index (χ3n) is 6.15. The average Bonchev–Trinajstić information content (AvgIpc) is 3.46. The van der Waals surface area contributed by atoms with E-state index in [-0.39, 0.29) is 10.8 Å². The smallest absolute Gasteiger partial charge is 0.255 e. The Hall–Kier alpha value is -3.16. The number of carbonyl (C=O) groups excluding carboxylic acids is 1. The summed E-state index contributed by atoms with van der Waals surface area (Å²) in [4.78, 5) is 13.1. The van der Waals surface area contributed by atoms with E-state index >= 15 is 0 Å². The number of hydrogen-bond acceptors (Lipinski definition) is 3. The molecule has 0 spiro atoms. The van der Waals surface area contributed by atoms with Crippen LogP contribution in [0, 0.1) is 0 Å². The minimum absolute atomic E-state index is 0.161. The van der Waals surface area contributed by atoms with Crippen LogP contribution in [0.1, 0.15) is 30.1 Å². The summed E-state index contributed by atoms with van der Waals surface area (Å²) in [7, 11) is -3.57. The van der Waals surface area contributed by atoms with E-state index in [1.54, 1.807) is 18.2 Å². The maximum atomic E-state index is 13.0. The lowest BCUT2D eigenvalue weighted by atomic mass is 10.1. The Balaban J connectivity index is 1.46. The van der Waals surface area contributed by atoms with Gasteiger partial charge >= 0.3 is 0 Å². The number of sulfonamides is 1. The molecule has 1 N–H and O–H groups in total. The number of para-hydroxylation sites is 1. The van der Waals surface area contributed by atoms with Gasteiger partial charge in [-0.1, -0.05) is 24.3 Å². The number of nitrogens with zero attached hydrogens (tertiary/aromatic N) is 2. The van der Waals surface area contributed by atoms with Crippen molar-refractivity contribution in [1.82, 2.24) is 8.87 Å². The van der Waals surface area contributed by atoms with Crippen molar-refractivity contribution in [2.75, 3.05) is 18.4 Å². The van der Waals surface area contributed by atoms with Gasteiger partial charge in [0.25, 0.3) is 5.91 Å². The second kappa shape index (κ2) is 8.07. The number of hydrogen-bond donors (Lipinski definition) is 1. The molecule has 0 bridgehead atoms. The van der Waals surface area contributed by atoms with Gasteiger partial charge in [-0.3, -0.25) is 4.79 Å². The molecule has 32 heavy (non-hydrogen) atoms. The summed E-state index contributed by atoms with van der Waals surface area (Å²) < 4.78 is 29.5. The van der Waals surface area contributed by atoms with Crippen LogP contribution in [0.2, 0.25) is 0 Å². The molecule has 1 fully saturated rings. The van der Waals surface area contributed by atoms with Crippen LogP contribution in [-0.2, 0) is 16.6 Å². The van der Waals surface area contributed by atoms with Crippen molar-refractivity contribution in [3.05, 3.63) is 72.3 Å². The molecule has 7 heteroatoms. The van der Waals surface area contributed by atoms with Gasteiger partial charge in [-0.05, 0) is 62.2 Å². The molecule has 1 aromatic heterocycles. The summed E-state index contributed by atoms with van der Waals surface area (Å²) in [6.07, 6.45) is 1.74. The van der Waals surface area contributed by atoms with E-state index in [2.05, 4.69) is 28.9 Å². The molecule has 0 aliphatic carbocycles. The van der Waals surface area contributed by atoms with Crippen LogP contribution in [0.5, 0.6) is 0 Å². The third-order valence-corrected chi connectivity index (χ3v) is 8.04. The van der Waals surface area contributed by atoms with E-state index in [9.17, 15) is 13.2 Å². The normalized spacial score (nSPS) is 14.9. The van der Waals surface area contributed by atoms with Crippen LogP contribution in [0.3, 0.4) is 0 Å². The molecular weight excluding hydrogens is 422 g/mol. The number of aromatic nitrogens is 1. The number of nitrogens with one attached hydrogen (secondary N) is 1. The molecule has 164 valence electrons. The van der Waals surface area contributed by atoms with Crippen molar-refractivity contribution >= 4 is 43.4 Å². The summed E-state index contributed by atoms with van der Waals surface area (Å²) in [5, 5.41) is 5.15. The zero-order valence-electron chi connectivity index (χ0n) is 17.9. The lowest BCUT2D eigenvalue weighted by molar-refractivity contribution is 0.102. The van der Waals surface area contributed by atoms with Crippen LogP contribution < -0.4 is 5.32 Å². The van der Waals surface area contributed by atoms with E-state index in [4.69, 9.17) is 0 Å². The number of rotatable bonds is 5. The van der Waals surface area contributed by atoms with E-state index in [1.807, 2.05) is 30.3 Å². The molecule has 1 saturated heterocycles. The number of fused-ring (bicyclic) bond motifs is 3. The Morgan fingerprint density at radius 2 is 1.66 bits per heavy atom. The number of carbonyl (C=O) groups is 1. The number of aryl methyl sites for hydroxylation is 1. The first-order valence-corrected chi connectivity index (χ1v) is 12.4. The first kappa shape index (κ1) is 20.7. The third kappa shape index (κ3) is 3.47. The highest BCUT2D eigenvalue weighted by molar-refractivity contribution is 7.89. The fourth-order valence-electron chi connectivity index (χ4n) is 4.55. The lowest BCUT2D eigenvalue weighted by Crippen LogP contribution is -2.28. The quantitative estimate of drug-likeness (QED) is 0.475. The Kier molecular flexibility index (Phi) is 5.23. The Morgan fingerprint density at radius 1 is 0.906 bits per heavy atom. The molecular formula is C25H25N3O3S. The van der Waals surface area contributed by atoms with E-state index in [0.29, 0.717) is 24.3 Å². The molecule has 0 atom stereocenters. The molecule has 5 rings (SSSR count). The highest BCUT2D eigenvalue weighted by atomic mass is 32.2. The highest BCUT2D eigenvalue weighted by Gasteiger charge is 2.27. The van der Waals surface area contributed by atoms with Gasteiger partial charge in [0.05, 0.1) is 4.90 Å². The van der Waals surface area contributed by atoms with Gasteiger partial charge in [0.15, 0.2) is 0 Å². The average molecular weight is 448 g/mol. The molecule has 0 unspecified atom stereocenters. The van der Waals surface area contributed by atoms with Gasteiger partial charge in [0.2, 0.25) is 10.0 Å². The SMILES string of the molecule is CCn1c2ccccc2c2cc(NC(=O)c3cccc(S(=O)(=O)N4CCCC4)c3)ccc21. The summed E-state index contributed by atoms with van der Waals surface area (Å²) >= 11 is 0. The largest absolute Gasteiger partial charge is 0.341 e. The zero-order chi connectivity index (χ0) is 22.3. The molecule has 1 aliphatic heterocycles.